The van der Waals surface area contributed by atoms with Crippen molar-refractivity contribution in [3.8, 4) is 16.9 Å². The number of fused-ring (bicyclic) bond motifs is 4. The largest absolute Gasteiger partial charge is 0.507 e. The molecule has 1 N–H and O–H groups in total. The first-order valence-corrected chi connectivity index (χ1v) is 6.98. The zero-order valence-electron chi connectivity index (χ0n) is 11.2. The number of para-hydroxylation sites is 1. The molecule has 5 rings (SSSR count). The number of rotatable bonds is 0. The van der Waals surface area contributed by atoms with E-state index in [0.717, 1.165) is 43.7 Å². The van der Waals surface area contributed by atoms with E-state index in [9.17, 15) is 5.11 Å². The van der Waals surface area contributed by atoms with Crippen molar-refractivity contribution < 1.29 is 5.11 Å². The normalized spacial score (nSPS) is 12.4. The molecule has 0 bridgehead atoms. The van der Waals surface area contributed by atoms with Crippen molar-refractivity contribution in [1.29, 1.82) is 0 Å². The van der Waals surface area contributed by atoms with E-state index in [1.165, 1.54) is 0 Å². The lowest BCUT2D eigenvalue weighted by molar-refractivity contribution is 0.481. The van der Waals surface area contributed by atoms with Gasteiger partial charge in [0.15, 0.2) is 0 Å². The van der Waals surface area contributed by atoms with Crippen LogP contribution in [0.25, 0.3) is 32.7 Å². The zero-order valence-corrected chi connectivity index (χ0v) is 11.2. The van der Waals surface area contributed by atoms with Crippen molar-refractivity contribution >= 4 is 27.2 Å². The van der Waals surface area contributed by atoms with Gasteiger partial charge in [0.05, 0.1) is 16.4 Å². The van der Waals surface area contributed by atoms with Gasteiger partial charge in [-0.3, -0.25) is 0 Å². The SMILES string of the molecule is Oc1ccc2cccc3cc4c(c1c23)=Nc1ccccc1-4. The molecule has 0 saturated carbocycles. The van der Waals surface area contributed by atoms with Gasteiger partial charge in [0.2, 0.25) is 0 Å². The first-order chi connectivity index (χ1) is 10.3. The lowest BCUT2D eigenvalue weighted by Gasteiger charge is -2.09. The highest BCUT2D eigenvalue weighted by Crippen LogP contribution is 2.39. The second-order valence-electron chi connectivity index (χ2n) is 5.44. The number of phenols is 1. The van der Waals surface area contributed by atoms with Crippen LogP contribution in [0.3, 0.4) is 0 Å². The minimum Gasteiger partial charge on any atom is -0.507 e. The van der Waals surface area contributed by atoms with Crippen LogP contribution in [0.4, 0.5) is 5.69 Å². The molecule has 0 amide bonds. The van der Waals surface area contributed by atoms with Gasteiger partial charge in [-0.1, -0.05) is 42.5 Å². The molecule has 1 aliphatic rings. The van der Waals surface area contributed by atoms with Gasteiger partial charge in [-0.25, -0.2) is 4.99 Å². The third kappa shape index (κ3) is 1.29. The molecular formula is C19H11NO. The summed E-state index contributed by atoms with van der Waals surface area (Å²) >= 11 is 0. The molecule has 0 radical (unpaired) electrons. The first-order valence-electron chi connectivity index (χ1n) is 6.98. The van der Waals surface area contributed by atoms with Crippen LogP contribution in [0.15, 0.2) is 65.7 Å². The molecule has 0 aromatic heterocycles. The third-order valence-corrected chi connectivity index (χ3v) is 4.27. The molecule has 0 spiro atoms. The van der Waals surface area contributed by atoms with Crippen molar-refractivity contribution in [2.75, 3.05) is 0 Å². The quantitative estimate of drug-likeness (QED) is 0.445. The molecular weight excluding hydrogens is 258 g/mol. The average Bonchev–Trinajstić information content (AvgIpc) is 2.88. The van der Waals surface area contributed by atoms with Crippen LogP contribution in [0, 0.1) is 0 Å². The fourth-order valence-electron chi connectivity index (χ4n) is 3.36. The standard InChI is InChI=1S/C19H11NO/c21-16-9-8-11-4-3-5-12-10-14-13-6-1-2-7-15(13)20-19(14)18(16)17(11)12/h1-10,21H. The van der Waals surface area contributed by atoms with E-state index in [-0.39, 0.29) is 0 Å². The van der Waals surface area contributed by atoms with Crippen LogP contribution >= 0.6 is 0 Å². The topological polar surface area (TPSA) is 32.6 Å². The Bertz CT molecular complexity index is 1100. The molecule has 1 aliphatic heterocycles. The summed E-state index contributed by atoms with van der Waals surface area (Å²) in [5.41, 5.74) is 3.22. The van der Waals surface area contributed by atoms with Crippen molar-refractivity contribution in [3.63, 3.8) is 0 Å². The summed E-state index contributed by atoms with van der Waals surface area (Å²) < 4.78 is 0. The van der Waals surface area contributed by atoms with Crippen LogP contribution in [0.2, 0.25) is 0 Å². The average molecular weight is 269 g/mol. The van der Waals surface area contributed by atoms with E-state index in [2.05, 4.69) is 30.3 Å². The Balaban J connectivity index is 2.12. The molecule has 4 aromatic rings. The number of hydrogen-bond donors (Lipinski definition) is 1. The monoisotopic (exact) mass is 269 g/mol. The molecule has 0 atom stereocenters. The Hall–Kier alpha value is -2.87. The predicted octanol–water partition coefficient (Wildman–Crippen LogP) is 4.35. The molecule has 2 nitrogen and oxygen atoms in total. The van der Waals surface area contributed by atoms with Crippen LogP contribution in [0.5, 0.6) is 5.75 Å². The van der Waals surface area contributed by atoms with Gasteiger partial charge >= 0.3 is 0 Å². The fourth-order valence-corrected chi connectivity index (χ4v) is 3.36. The van der Waals surface area contributed by atoms with Crippen LogP contribution in [-0.4, -0.2) is 5.11 Å². The highest BCUT2D eigenvalue weighted by molar-refractivity contribution is 6.14. The lowest BCUT2D eigenvalue weighted by Crippen LogP contribution is -2.04. The van der Waals surface area contributed by atoms with Gasteiger partial charge < -0.3 is 5.11 Å². The van der Waals surface area contributed by atoms with E-state index in [1.54, 1.807) is 6.07 Å². The molecule has 1 heterocycles. The van der Waals surface area contributed by atoms with Gasteiger partial charge in [-0.2, -0.15) is 0 Å². The van der Waals surface area contributed by atoms with Crippen LogP contribution in [-0.2, 0) is 0 Å². The second kappa shape index (κ2) is 3.61. The van der Waals surface area contributed by atoms with Crippen molar-refractivity contribution in [3.05, 3.63) is 66.0 Å². The predicted molar refractivity (Wildman–Crippen MR) is 85.0 cm³/mol. The van der Waals surface area contributed by atoms with Crippen LogP contribution < -0.4 is 5.36 Å². The number of phenolic OH excluding ortho intramolecular Hbond substituents is 1. The maximum absolute atomic E-state index is 10.4. The van der Waals surface area contributed by atoms with Gasteiger partial charge in [0.1, 0.15) is 5.75 Å². The minimum atomic E-state index is 0.298. The maximum atomic E-state index is 10.4. The van der Waals surface area contributed by atoms with E-state index in [4.69, 9.17) is 4.99 Å². The van der Waals surface area contributed by atoms with Crippen LogP contribution in [0.1, 0.15) is 0 Å². The van der Waals surface area contributed by atoms with Gasteiger partial charge in [-0.15, -0.1) is 0 Å². The number of aromatic hydroxyl groups is 1. The summed E-state index contributed by atoms with van der Waals surface area (Å²) in [4.78, 5) is 4.75. The minimum absolute atomic E-state index is 0.298. The zero-order chi connectivity index (χ0) is 14.0. The van der Waals surface area contributed by atoms with Gasteiger partial charge in [0, 0.05) is 16.5 Å². The highest BCUT2D eigenvalue weighted by atomic mass is 16.3. The number of nitrogens with zero attached hydrogens (tertiary/aromatic N) is 1. The summed E-state index contributed by atoms with van der Waals surface area (Å²) in [5.74, 6) is 0.298. The summed E-state index contributed by atoms with van der Waals surface area (Å²) in [6, 6.07) is 20.2. The smallest absolute Gasteiger partial charge is 0.125 e. The molecule has 98 valence electrons. The molecule has 0 aliphatic carbocycles. The summed E-state index contributed by atoms with van der Waals surface area (Å²) in [6.07, 6.45) is 0. The number of benzene rings is 4. The Morgan fingerprint density at radius 1 is 0.714 bits per heavy atom. The fraction of sp³-hybridized carbons (Fsp3) is 0. The Kier molecular flexibility index (Phi) is 1.87. The molecule has 4 aromatic carbocycles. The summed E-state index contributed by atoms with van der Waals surface area (Å²) in [6.45, 7) is 0. The van der Waals surface area contributed by atoms with Gasteiger partial charge in [-0.05, 0) is 29.0 Å². The molecule has 0 fully saturated rings. The molecule has 0 saturated heterocycles. The first kappa shape index (κ1) is 10.9. The Labute approximate surface area is 121 Å². The summed E-state index contributed by atoms with van der Waals surface area (Å²) in [5, 5.41) is 15.5. The third-order valence-electron chi connectivity index (χ3n) is 4.27. The van der Waals surface area contributed by atoms with Crippen molar-refractivity contribution in [1.82, 2.24) is 0 Å². The number of hydrogen-bond acceptors (Lipinski definition) is 2. The summed E-state index contributed by atoms with van der Waals surface area (Å²) in [7, 11) is 0. The molecule has 2 heteroatoms. The Morgan fingerprint density at radius 2 is 1.57 bits per heavy atom. The van der Waals surface area contributed by atoms with E-state index < -0.39 is 0 Å². The van der Waals surface area contributed by atoms with E-state index in [0.29, 0.717) is 5.75 Å². The second-order valence-corrected chi connectivity index (χ2v) is 5.44. The highest BCUT2D eigenvalue weighted by Gasteiger charge is 2.19. The van der Waals surface area contributed by atoms with Gasteiger partial charge in [0.25, 0.3) is 0 Å². The van der Waals surface area contributed by atoms with E-state index >= 15 is 0 Å². The van der Waals surface area contributed by atoms with Crippen molar-refractivity contribution in [2.24, 2.45) is 4.99 Å². The Morgan fingerprint density at radius 3 is 2.52 bits per heavy atom. The van der Waals surface area contributed by atoms with Crippen molar-refractivity contribution in [2.45, 2.75) is 0 Å². The lowest BCUT2D eigenvalue weighted by atomic mass is 9.95. The molecule has 21 heavy (non-hydrogen) atoms. The maximum Gasteiger partial charge on any atom is 0.125 e. The van der Waals surface area contributed by atoms with E-state index in [1.807, 2.05) is 24.3 Å². The molecule has 0 unspecified atom stereocenters.